The monoisotopic (exact) mass is 620 g/mol. The fourth-order valence-electron chi connectivity index (χ4n) is 4.70. The van der Waals surface area contributed by atoms with Gasteiger partial charge in [0.1, 0.15) is 28.8 Å². The Hall–Kier alpha value is -4.22. The maximum absolute atomic E-state index is 15.0. The Kier molecular flexibility index (Phi) is 9.07. The maximum Gasteiger partial charge on any atom is 0.432 e. The van der Waals surface area contributed by atoms with Gasteiger partial charge in [-0.05, 0) is 59.5 Å². The van der Waals surface area contributed by atoms with E-state index >= 15 is 0 Å². The molecule has 0 amide bonds. The minimum Gasteiger partial charge on any atom is -0.429 e. The van der Waals surface area contributed by atoms with Gasteiger partial charge in [0.15, 0.2) is 23.7 Å². The lowest BCUT2D eigenvalue weighted by Crippen LogP contribution is -2.25. The molecule has 230 valence electrons. The Bertz CT molecular complexity index is 1630. The van der Waals surface area contributed by atoms with Crippen molar-refractivity contribution in [2.45, 2.75) is 25.7 Å². The van der Waals surface area contributed by atoms with Crippen molar-refractivity contribution in [3.05, 3.63) is 125 Å². The van der Waals surface area contributed by atoms with Gasteiger partial charge in [-0.3, -0.25) is 0 Å². The molecule has 11 heteroatoms. The van der Waals surface area contributed by atoms with Crippen LogP contribution in [0.5, 0.6) is 5.75 Å². The molecule has 1 fully saturated rings. The lowest BCUT2D eigenvalue weighted by atomic mass is 10.0. The first-order valence-electron chi connectivity index (χ1n) is 13.5. The van der Waals surface area contributed by atoms with E-state index < -0.39 is 69.7 Å². The van der Waals surface area contributed by atoms with Gasteiger partial charge < -0.3 is 14.2 Å². The molecule has 0 radical (unpaired) electrons. The number of rotatable bonds is 8. The first-order chi connectivity index (χ1) is 21.0. The van der Waals surface area contributed by atoms with E-state index in [4.69, 9.17) is 9.47 Å². The van der Waals surface area contributed by atoms with E-state index in [1.807, 2.05) is 19.1 Å². The minimum absolute atomic E-state index is 0.0319. The second-order valence-electron chi connectivity index (χ2n) is 10.0. The van der Waals surface area contributed by atoms with Crippen molar-refractivity contribution in [2.24, 2.45) is 5.92 Å². The predicted octanol–water partition coefficient (Wildman–Crippen LogP) is 9.61. The van der Waals surface area contributed by atoms with E-state index in [1.54, 1.807) is 12.1 Å². The third kappa shape index (κ3) is 6.63. The number of allylic oxidation sites excluding steroid dienone is 1. The second-order valence-corrected chi connectivity index (χ2v) is 10.0. The van der Waals surface area contributed by atoms with Crippen molar-refractivity contribution in [3.8, 4) is 28.0 Å². The summed E-state index contributed by atoms with van der Waals surface area (Å²) in [5, 5.41) is 0. The summed E-state index contributed by atoms with van der Waals surface area (Å²) in [6, 6.07) is 10.9. The Morgan fingerprint density at radius 1 is 0.727 bits per heavy atom. The van der Waals surface area contributed by atoms with Crippen molar-refractivity contribution < 1.29 is 49.3 Å². The van der Waals surface area contributed by atoms with Crippen molar-refractivity contribution in [1.82, 2.24) is 0 Å². The summed E-state index contributed by atoms with van der Waals surface area (Å²) >= 11 is 0. The standard InChI is InChI=1S/C33H24F8O3/c1-2-3-4-18-16-42-32(43-17-18)20-7-5-19(6-8-20)21-11-26(35)30(27(36)12-21)33(40,41)44-23-9-10-24(25(34)15-23)22-13-28(37)31(39)29(38)14-22/h3-15,18,32H,2,16-17H2,1H3. The van der Waals surface area contributed by atoms with E-state index in [2.05, 4.69) is 4.74 Å². The van der Waals surface area contributed by atoms with Crippen molar-refractivity contribution in [1.29, 1.82) is 0 Å². The quantitative estimate of drug-likeness (QED) is 0.112. The van der Waals surface area contributed by atoms with Crippen LogP contribution in [0.15, 0.2) is 78.9 Å². The van der Waals surface area contributed by atoms with Crippen LogP contribution in [0.3, 0.4) is 0 Å². The highest BCUT2D eigenvalue weighted by molar-refractivity contribution is 5.66. The Balaban J connectivity index is 1.31. The molecule has 1 aliphatic heterocycles. The molecule has 1 heterocycles. The van der Waals surface area contributed by atoms with Gasteiger partial charge in [-0.25, -0.2) is 26.3 Å². The zero-order chi connectivity index (χ0) is 31.6. The van der Waals surface area contributed by atoms with Crippen LogP contribution in [0.4, 0.5) is 35.1 Å². The molecular formula is C33H24F8O3. The van der Waals surface area contributed by atoms with Gasteiger partial charge in [0.25, 0.3) is 0 Å². The molecular weight excluding hydrogens is 596 g/mol. The maximum atomic E-state index is 15.0. The van der Waals surface area contributed by atoms with Gasteiger partial charge >= 0.3 is 6.11 Å². The molecule has 1 aliphatic rings. The summed E-state index contributed by atoms with van der Waals surface area (Å²) in [6.45, 7) is 2.94. The number of alkyl halides is 2. The van der Waals surface area contributed by atoms with Gasteiger partial charge in [0.05, 0.1) is 13.2 Å². The van der Waals surface area contributed by atoms with Crippen LogP contribution in [-0.2, 0) is 15.6 Å². The van der Waals surface area contributed by atoms with Crippen LogP contribution in [0.2, 0.25) is 0 Å². The molecule has 0 saturated carbocycles. The normalized spacial score (nSPS) is 17.3. The largest absolute Gasteiger partial charge is 0.432 e. The van der Waals surface area contributed by atoms with Crippen LogP contribution in [0.1, 0.15) is 30.8 Å². The van der Waals surface area contributed by atoms with Gasteiger partial charge in [-0.1, -0.05) is 43.3 Å². The van der Waals surface area contributed by atoms with Crippen LogP contribution in [0, 0.1) is 40.8 Å². The second kappa shape index (κ2) is 12.8. The average Bonchev–Trinajstić information content (AvgIpc) is 2.98. The van der Waals surface area contributed by atoms with Gasteiger partial charge in [-0.15, -0.1) is 0 Å². The van der Waals surface area contributed by atoms with Crippen LogP contribution < -0.4 is 4.74 Å². The molecule has 0 aliphatic carbocycles. The molecule has 1 saturated heterocycles. The zero-order valence-electron chi connectivity index (χ0n) is 23.0. The van der Waals surface area contributed by atoms with Gasteiger partial charge in [0.2, 0.25) is 0 Å². The highest BCUT2D eigenvalue weighted by atomic mass is 19.3. The molecule has 0 atom stereocenters. The van der Waals surface area contributed by atoms with Crippen molar-refractivity contribution in [2.75, 3.05) is 13.2 Å². The number of hydrogen-bond donors (Lipinski definition) is 0. The number of ether oxygens (including phenoxy) is 3. The molecule has 4 aromatic rings. The molecule has 0 unspecified atom stereocenters. The van der Waals surface area contributed by atoms with E-state index in [0.717, 1.165) is 18.6 Å². The average molecular weight is 621 g/mol. The number of hydrogen-bond acceptors (Lipinski definition) is 3. The SMILES string of the molecule is CCC=CC1COC(c2ccc(-c3cc(F)c(C(F)(F)Oc4ccc(-c5cc(F)c(F)c(F)c5)c(F)c4)c(F)c3)cc2)OC1. The summed E-state index contributed by atoms with van der Waals surface area (Å²) in [4.78, 5) is 0. The minimum atomic E-state index is -4.58. The molecule has 0 spiro atoms. The first-order valence-corrected chi connectivity index (χ1v) is 13.5. The predicted molar refractivity (Wildman–Crippen MR) is 146 cm³/mol. The van der Waals surface area contributed by atoms with Crippen LogP contribution in [0.25, 0.3) is 22.3 Å². The van der Waals surface area contributed by atoms with Crippen LogP contribution >= 0.6 is 0 Å². The topological polar surface area (TPSA) is 27.7 Å². The molecule has 5 rings (SSSR count). The third-order valence-corrected chi connectivity index (χ3v) is 6.90. The zero-order valence-corrected chi connectivity index (χ0v) is 23.0. The summed E-state index contributed by atoms with van der Waals surface area (Å²) < 4.78 is 131. The van der Waals surface area contributed by atoms with Crippen molar-refractivity contribution in [3.63, 3.8) is 0 Å². The molecule has 44 heavy (non-hydrogen) atoms. The third-order valence-electron chi connectivity index (χ3n) is 6.90. The highest BCUT2D eigenvalue weighted by Gasteiger charge is 2.41. The van der Waals surface area contributed by atoms with Crippen molar-refractivity contribution >= 4 is 0 Å². The van der Waals surface area contributed by atoms with Gasteiger partial charge in [-0.2, -0.15) is 8.78 Å². The van der Waals surface area contributed by atoms with Gasteiger partial charge in [0, 0.05) is 23.1 Å². The number of benzene rings is 4. The van der Waals surface area contributed by atoms with E-state index in [9.17, 15) is 35.1 Å². The fraction of sp³-hybridized carbons (Fsp3) is 0.212. The Morgan fingerprint density at radius 2 is 1.32 bits per heavy atom. The summed E-state index contributed by atoms with van der Waals surface area (Å²) in [5.74, 6) is -10.1. The summed E-state index contributed by atoms with van der Waals surface area (Å²) in [6.07, 6.45) is -0.259. The summed E-state index contributed by atoms with van der Waals surface area (Å²) in [5.41, 5.74) is -1.62. The van der Waals surface area contributed by atoms with Crippen LogP contribution in [-0.4, -0.2) is 13.2 Å². The van der Waals surface area contributed by atoms with E-state index in [0.29, 0.717) is 54.7 Å². The molecule has 0 N–H and O–H groups in total. The van der Waals surface area contributed by atoms with E-state index in [-0.39, 0.29) is 11.5 Å². The summed E-state index contributed by atoms with van der Waals surface area (Å²) in [7, 11) is 0. The van der Waals surface area contributed by atoms with E-state index in [1.165, 1.54) is 12.1 Å². The molecule has 4 aromatic carbocycles. The Labute approximate surface area is 247 Å². The first kappa shape index (κ1) is 31.2. The highest BCUT2D eigenvalue weighted by Crippen LogP contribution is 2.38. The fourth-order valence-corrected chi connectivity index (χ4v) is 4.70. The number of halogens is 8. The molecule has 3 nitrogen and oxygen atoms in total. The smallest absolute Gasteiger partial charge is 0.429 e. The lowest BCUT2D eigenvalue weighted by Gasteiger charge is -2.28. The Morgan fingerprint density at radius 3 is 1.89 bits per heavy atom. The molecule has 0 aromatic heterocycles. The molecule has 0 bridgehead atoms. The lowest BCUT2D eigenvalue weighted by molar-refractivity contribution is -0.197.